The molecule has 0 fully saturated rings. The zero-order valence-corrected chi connectivity index (χ0v) is 7.59. The van der Waals surface area contributed by atoms with Gasteiger partial charge in [0.2, 0.25) is 0 Å². The molecule has 0 radical (unpaired) electrons. The molecular formula is C11H14FN. The molecule has 0 aliphatic heterocycles. The summed E-state index contributed by atoms with van der Waals surface area (Å²) in [6.07, 6.45) is 1.76. The summed E-state index contributed by atoms with van der Waals surface area (Å²) in [7, 11) is 0. The molecule has 0 heterocycles. The van der Waals surface area contributed by atoms with E-state index in [0.29, 0.717) is 6.54 Å². The predicted octanol–water partition coefficient (Wildman–Crippen LogP) is 2.27. The van der Waals surface area contributed by atoms with Gasteiger partial charge in [-0.05, 0) is 30.5 Å². The summed E-state index contributed by atoms with van der Waals surface area (Å²) in [5, 5.41) is 0. The first-order chi connectivity index (χ1) is 6.22. The van der Waals surface area contributed by atoms with Crippen LogP contribution in [0, 0.1) is 5.82 Å². The van der Waals surface area contributed by atoms with Crippen molar-refractivity contribution in [1.29, 1.82) is 0 Å². The van der Waals surface area contributed by atoms with Gasteiger partial charge in [0.1, 0.15) is 5.82 Å². The lowest BCUT2D eigenvalue weighted by molar-refractivity contribution is 0.627. The number of nitrogens with two attached hydrogens (primary N) is 1. The van der Waals surface area contributed by atoms with Crippen molar-refractivity contribution in [1.82, 2.24) is 0 Å². The predicted molar refractivity (Wildman–Crippen MR) is 52.9 cm³/mol. The number of halogens is 1. The Morgan fingerprint density at radius 2 is 1.92 bits per heavy atom. The summed E-state index contributed by atoms with van der Waals surface area (Å²) in [5.41, 5.74) is 7.55. The first kappa shape index (κ1) is 9.93. The fraction of sp³-hybridized carbons (Fsp3) is 0.273. The van der Waals surface area contributed by atoms with Crippen LogP contribution in [0.2, 0.25) is 0 Å². The van der Waals surface area contributed by atoms with E-state index in [1.54, 1.807) is 12.1 Å². The molecule has 0 spiro atoms. The minimum atomic E-state index is -0.193. The van der Waals surface area contributed by atoms with E-state index in [2.05, 4.69) is 6.58 Å². The number of benzene rings is 1. The van der Waals surface area contributed by atoms with E-state index in [1.165, 1.54) is 12.1 Å². The molecular weight excluding hydrogens is 165 g/mol. The van der Waals surface area contributed by atoms with E-state index in [0.717, 1.165) is 24.0 Å². The maximum absolute atomic E-state index is 12.5. The van der Waals surface area contributed by atoms with Gasteiger partial charge < -0.3 is 5.73 Å². The second-order valence-electron chi connectivity index (χ2n) is 3.08. The third-order valence-corrected chi connectivity index (χ3v) is 1.97. The van der Waals surface area contributed by atoms with Crippen molar-refractivity contribution in [3.8, 4) is 0 Å². The van der Waals surface area contributed by atoms with Crippen LogP contribution < -0.4 is 5.73 Å². The molecule has 0 bridgehead atoms. The van der Waals surface area contributed by atoms with E-state index in [4.69, 9.17) is 5.73 Å². The average molecular weight is 179 g/mol. The Morgan fingerprint density at radius 3 is 2.46 bits per heavy atom. The van der Waals surface area contributed by atoms with Crippen LogP contribution in [0.25, 0.3) is 0 Å². The van der Waals surface area contributed by atoms with Gasteiger partial charge >= 0.3 is 0 Å². The molecule has 0 atom stereocenters. The lowest BCUT2D eigenvalue weighted by atomic mass is 10.1. The first-order valence-corrected chi connectivity index (χ1v) is 4.33. The van der Waals surface area contributed by atoms with Crippen molar-refractivity contribution < 1.29 is 4.39 Å². The highest BCUT2D eigenvalue weighted by Crippen LogP contribution is 2.08. The largest absolute Gasteiger partial charge is 0.327 e. The van der Waals surface area contributed by atoms with Gasteiger partial charge in [-0.1, -0.05) is 24.3 Å². The average Bonchev–Trinajstić information content (AvgIpc) is 2.16. The van der Waals surface area contributed by atoms with Crippen LogP contribution in [0.15, 0.2) is 36.4 Å². The molecule has 1 aromatic carbocycles. The maximum Gasteiger partial charge on any atom is 0.123 e. The van der Waals surface area contributed by atoms with Crippen molar-refractivity contribution in [2.24, 2.45) is 5.73 Å². The fourth-order valence-electron chi connectivity index (χ4n) is 1.07. The van der Waals surface area contributed by atoms with E-state index in [1.807, 2.05) is 0 Å². The van der Waals surface area contributed by atoms with Gasteiger partial charge in [-0.3, -0.25) is 0 Å². The Bertz CT molecular complexity index is 277. The molecule has 1 nitrogen and oxygen atoms in total. The van der Waals surface area contributed by atoms with Crippen molar-refractivity contribution in [2.75, 3.05) is 6.54 Å². The molecule has 0 amide bonds. The Hall–Kier alpha value is -1.15. The van der Waals surface area contributed by atoms with Gasteiger partial charge in [0, 0.05) is 6.54 Å². The van der Waals surface area contributed by atoms with Gasteiger partial charge in [0.05, 0.1) is 0 Å². The third-order valence-electron chi connectivity index (χ3n) is 1.97. The quantitative estimate of drug-likeness (QED) is 0.705. The number of hydrogen-bond donors (Lipinski definition) is 1. The molecule has 0 aromatic heterocycles. The molecule has 2 N–H and O–H groups in total. The molecule has 2 heteroatoms. The van der Waals surface area contributed by atoms with E-state index < -0.39 is 0 Å². The molecule has 13 heavy (non-hydrogen) atoms. The highest BCUT2D eigenvalue weighted by atomic mass is 19.1. The van der Waals surface area contributed by atoms with Crippen LogP contribution in [0.4, 0.5) is 4.39 Å². The maximum atomic E-state index is 12.5. The third kappa shape index (κ3) is 3.38. The zero-order valence-electron chi connectivity index (χ0n) is 7.59. The molecule has 1 rings (SSSR count). The van der Waals surface area contributed by atoms with Crippen LogP contribution in [-0.2, 0) is 6.42 Å². The summed E-state index contributed by atoms with van der Waals surface area (Å²) in [6.45, 7) is 4.34. The Balaban J connectivity index is 2.46. The van der Waals surface area contributed by atoms with Crippen LogP contribution in [0.5, 0.6) is 0 Å². The molecule has 0 saturated carbocycles. The van der Waals surface area contributed by atoms with Gasteiger partial charge in [-0.2, -0.15) is 0 Å². The van der Waals surface area contributed by atoms with Gasteiger partial charge in [-0.25, -0.2) is 4.39 Å². The fourth-order valence-corrected chi connectivity index (χ4v) is 1.07. The smallest absolute Gasteiger partial charge is 0.123 e. The number of aryl methyl sites for hydroxylation is 1. The number of hydrogen-bond acceptors (Lipinski definition) is 1. The van der Waals surface area contributed by atoms with Crippen LogP contribution >= 0.6 is 0 Å². The lowest BCUT2D eigenvalue weighted by Crippen LogP contribution is -2.02. The van der Waals surface area contributed by atoms with Crippen molar-refractivity contribution in [3.05, 3.63) is 47.8 Å². The second-order valence-corrected chi connectivity index (χ2v) is 3.08. The van der Waals surface area contributed by atoms with Crippen LogP contribution in [0.3, 0.4) is 0 Å². The highest BCUT2D eigenvalue weighted by Gasteiger charge is 1.95. The van der Waals surface area contributed by atoms with E-state index in [9.17, 15) is 4.39 Å². The normalized spacial score (nSPS) is 10.0. The minimum absolute atomic E-state index is 0.193. The van der Waals surface area contributed by atoms with Gasteiger partial charge in [0.15, 0.2) is 0 Å². The second kappa shape index (κ2) is 4.77. The zero-order chi connectivity index (χ0) is 9.68. The summed E-state index contributed by atoms with van der Waals surface area (Å²) in [6, 6.07) is 6.53. The van der Waals surface area contributed by atoms with Crippen LogP contribution in [-0.4, -0.2) is 6.54 Å². The van der Waals surface area contributed by atoms with Gasteiger partial charge in [-0.15, -0.1) is 0 Å². The first-order valence-electron chi connectivity index (χ1n) is 4.33. The van der Waals surface area contributed by atoms with Crippen molar-refractivity contribution in [2.45, 2.75) is 12.8 Å². The monoisotopic (exact) mass is 179 g/mol. The van der Waals surface area contributed by atoms with Crippen molar-refractivity contribution in [3.63, 3.8) is 0 Å². The standard InChI is InChI=1S/C11H14FN/c1-9(8-13)2-3-10-4-6-11(12)7-5-10/h4-7H,1-3,8,13H2. The summed E-state index contributed by atoms with van der Waals surface area (Å²) >= 11 is 0. The van der Waals surface area contributed by atoms with Crippen LogP contribution in [0.1, 0.15) is 12.0 Å². The van der Waals surface area contributed by atoms with Gasteiger partial charge in [0.25, 0.3) is 0 Å². The molecule has 70 valence electrons. The SMILES string of the molecule is C=C(CN)CCc1ccc(F)cc1. The summed E-state index contributed by atoms with van der Waals surface area (Å²) in [4.78, 5) is 0. The Kier molecular flexibility index (Phi) is 3.65. The minimum Gasteiger partial charge on any atom is -0.327 e. The summed E-state index contributed by atoms with van der Waals surface area (Å²) < 4.78 is 12.5. The van der Waals surface area contributed by atoms with Crippen molar-refractivity contribution >= 4 is 0 Å². The molecule has 0 saturated heterocycles. The Labute approximate surface area is 78.1 Å². The highest BCUT2D eigenvalue weighted by molar-refractivity contribution is 5.17. The summed E-state index contributed by atoms with van der Waals surface area (Å²) in [5.74, 6) is -0.193. The molecule has 1 aromatic rings. The lowest BCUT2D eigenvalue weighted by Gasteiger charge is -2.02. The Morgan fingerprint density at radius 1 is 1.31 bits per heavy atom. The number of rotatable bonds is 4. The molecule has 0 aliphatic carbocycles. The topological polar surface area (TPSA) is 26.0 Å². The van der Waals surface area contributed by atoms with E-state index >= 15 is 0 Å². The van der Waals surface area contributed by atoms with E-state index in [-0.39, 0.29) is 5.82 Å². The molecule has 0 unspecified atom stereocenters. The molecule has 0 aliphatic rings.